The minimum atomic E-state index is -0.244. The van der Waals surface area contributed by atoms with Gasteiger partial charge in [0.25, 0.3) is 0 Å². The number of ether oxygens (including phenoxy) is 1. The molecule has 0 saturated carbocycles. The summed E-state index contributed by atoms with van der Waals surface area (Å²) in [6.07, 6.45) is 0.733. The number of alkyl halides is 1. The predicted octanol–water partition coefficient (Wildman–Crippen LogP) is 2.10. The van der Waals surface area contributed by atoms with E-state index < -0.39 is 0 Å². The summed E-state index contributed by atoms with van der Waals surface area (Å²) in [4.78, 5) is 10.7. The second-order valence-corrected chi connectivity index (χ2v) is 3.40. The quantitative estimate of drug-likeness (QED) is 0.343. The number of hydrogen-bond acceptors (Lipinski definition) is 2. The summed E-state index contributed by atoms with van der Waals surface area (Å²) in [5, 5.41) is 0. The van der Waals surface area contributed by atoms with Gasteiger partial charge in [-0.05, 0) is 10.3 Å². The maximum Gasteiger partial charge on any atom is 0.320 e. The third kappa shape index (κ3) is 5.50. The SMILES string of the molecule is CCC(Br)C(=O)OCC#CI. The Balaban J connectivity index is 3.57. The maximum absolute atomic E-state index is 10.9. The third-order valence-corrected chi connectivity index (χ3v) is 2.37. The summed E-state index contributed by atoms with van der Waals surface area (Å²) in [5.74, 6) is 2.39. The fourth-order valence-corrected chi connectivity index (χ4v) is 0.679. The molecule has 0 radical (unpaired) electrons. The maximum atomic E-state index is 10.9. The molecular weight excluding hydrogens is 323 g/mol. The first-order chi connectivity index (χ1) is 5.22. The van der Waals surface area contributed by atoms with E-state index in [9.17, 15) is 4.79 Å². The third-order valence-electron chi connectivity index (χ3n) is 0.968. The van der Waals surface area contributed by atoms with Gasteiger partial charge in [-0.15, -0.1) is 0 Å². The van der Waals surface area contributed by atoms with Crippen LogP contribution in [0.4, 0.5) is 0 Å². The molecule has 2 nitrogen and oxygen atoms in total. The Labute approximate surface area is 88.3 Å². The highest BCUT2D eigenvalue weighted by Crippen LogP contribution is 2.05. The summed E-state index contributed by atoms with van der Waals surface area (Å²) >= 11 is 5.07. The van der Waals surface area contributed by atoms with E-state index in [0.717, 1.165) is 6.42 Å². The molecule has 11 heavy (non-hydrogen) atoms. The van der Waals surface area contributed by atoms with Gasteiger partial charge < -0.3 is 4.74 Å². The predicted molar refractivity (Wildman–Crippen MR) is 55.8 cm³/mol. The number of carbonyl (C=O) groups is 1. The highest BCUT2D eigenvalue weighted by Gasteiger charge is 2.12. The molecular formula is C7H8BrIO2. The Bertz CT molecular complexity index is 183. The molecule has 0 rings (SSSR count). The fraction of sp³-hybridized carbons (Fsp3) is 0.571. The molecule has 0 aliphatic carbocycles. The molecule has 0 heterocycles. The van der Waals surface area contributed by atoms with Crippen LogP contribution in [0.1, 0.15) is 13.3 Å². The first kappa shape index (κ1) is 11.2. The first-order valence-corrected chi connectivity index (χ1v) is 5.11. The summed E-state index contributed by atoms with van der Waals surface area (Å²) in [5.41, 5.74) is 0. The molecule has 0 N–H and O–H groups in total. The number of hydrogen-bond donors (Lipinski definition) is 0. The van der Waals surface area contributed by atoms with Gasteiger partial charge in [0.15, 0.2) is 6.61 Å². The monoisotopic (exact) mass is 330 g/mol. The lowest BCUT2D eigenvalue weighted by Gasteiger charge is -2.03. The van der Waals surface area contributed by atoms with E-state index in [1.165, 1.54) is 0 Å². The van der Waals surface area contributed by atoms with E-state index in [1.807, 2.05) is 29.5 Å². The van der Waals surface area contributed by atoms with Gasteiger partial charge in [0.2, 0.25) is 0 Å². The molecule has 0 saturated heterocycles. The minimum Gasteiger partial charge on any atom is -0.452 e. The van der Waals surface area contributed by atoms with Gasteiger partial charge in [0.1, 0.15) is 4.83 Å². The Morgan fingerprint density at radius 2 is 2.45 bits per heavy atom. The highest BCUT2D eigenvalue weighted by molar-refractivity contribution is 14.1. The van der Waals surface area contributed by atoms with E-state index in [-0.39, 0.29) is 17.4 Å². The van der Waals surface area contributed by atoms with Gasteiger partial charge >= 0.3 is 5.97 Å². The second-order valence-electron chi connectivity index (χ2n) is 1.75. The van der Waals surface area contributed by atoms with Crippen molar-refractivity contribution in [2.75, 3.05) is 6.61 Å². The number of esters is 1. The van der Waals surface area contributed by atoms with E-state index in [0.29, 0.717) is 0 Å². The molecule has 1 unspecified atom stereocenters. The number of rotatable bonds is 3. The van der Waals surface area contributed by atoms with Crippen LogP contribution in [0.3, 0.4) is 0 Å². The molecule has 0 aliphatic rings. The van der Waals surface area contributed by atoms with Crippen molar-refractivity contribution in [3.63, 3.8) is 0 Å². The van der Waals surface area contributed by atoms with Gasteiger partial charge in [0.05, 0.1) is 0 Å². The van der Waals surface area contributed by atoms with Crippen LogP contribution in [-0.4, -0.2) is 17.4 Å². The van der Waals surface area contributed by atoms with Crippen LogP contribution in [0.25, 0.3) is 0 Å². The van der Waals surface area contributed by atoms with Gasteiger partial charge in [-0.3, -0.25) is 4.79 Å². The normalized spacial score (nSPS) is 11.2. The van der Waals surface area contributed by atoms with E-state index >= 15 is 0 Å². The van der Waals surface area contributed by atoms with Crippen LogP contribution in [0, 0.1) is 9.85 Å². The molecule has 0 aromatic rings. The topological polar surface area (TPSA) is 26.3 Å². The van der Waals surface area contributed by atoms with Crippen molar-refractivity contribution in [3.8, 4) is 9.85 Å². The van der Waals surface area contributed by atoms with Crippen molar-refractivity contribution < 1.29 is 9.53 Å². The lowest BCUT2D eigenvalue weighted by Crippen LogP contribution is -2.16. The van der Waals surface area contributed by atoms with Crippen molar-refractivity contribution in [1.82, 2.24) is 0 Å². The van der Waals surface area contributed by atoms with Crippen LogP contribution >= 0.6 is 38.5 Å². The fourth-order valence-electron chi connectivity index (χ4n) is 0.392. The van der Waals surface area contributed by atoms with Crippen molar-refractivity contribution in [2.45, 2.75) is 18.2 Å². The zero-order valence-electron chi connectivity index (χ0n) is 6.06. The Morgan fingerprint density at radius 3 is 2.91 bits per heavy atom. The van der Waals surface area contributed by atoms with E-state index in [2.05, 4.69) is 25.8 Å². The molecule has 1 atom stereocenters. The average molecular weight is 331 g/mol. The Morgan fingerprint density at radius 1 is 1.82 bits per heavy atom. The molecule has 0 aromatic heterocycles. The molecule has 0 fully saturated rings. The molecule has 0 spiro atoms. The van der Waals surface area contributed by atoms with Crippen molar-refractivity contribution >= 4 is 44.5 Å². The highest BCUT2D eigenvalue weighted by atomic mass is 127. The van der Waals surface area contributed by atoms with Crippen LogP contribution in [0.2, 0.25) is 0 Å². The first-order valence-electron chi connectivity index (χ1n) is 3.11. The summed E-state index contributed by atoms with van der Waals surface area (Å²) in [6.45, 7) is 2.09. The minimum absolute atomic E-state index is 0.184. The second kappa shape index (κ2) is 6.92. The zero-order valence-corrected chi connectivity index (χ0v) is 9.81. The summed E-state index contributed by atoms with van der Waals surface area (Å²) in [7, 11) is 0. The zero-order chi connectivity index (χ0) is 8.69. The Hall–Kier alpha value is 0.240. The smallest absolute Gasteiger partial charge is 0.320 e. The van der Waals surface area contributed by atoms with Crippen molar-refractivity contribution in [3.05, 3.63) is 0 Å². The Kier molecular flexibility index (Phi) is 7.07. The molecule has 0 aliphatic heterocycles. The van der Waals surface area contributed by atoms with Crippen LogP contribution < -0.4 is 0 Å². The van der Waals surface area contributed by atoms with Gasteiger partial charge in [-0.2, -0.15) is 0 Å². The van der Waals surface area contributed by atoms with E-state index in [4.69, 9.17) is 4.74 Å². The molecule has 4 heteroatoms. The molecule has 0 bridgehead atoms. The van der Waals surface area contributed by atoms with Crippen LogP contribution in [0.5, 0.6) is 0 Å². The van der Waals surface area contributed by atoms with Crippen LogP contribution in [-0.2, 0) is 9.53 Å². The largest absolute Gasteiger partial charge is 0.452 e. The van der Waals surface area contributed by atoms with Gasteiger partial charge in [0, 0.05) is 22.6 Å². The van der Waals surface area contributed by atoms with Gasteiger partial charge in [-0.1, -0.05) is 28.8 Å². The number of halogens is 2. The lowest BCUT2D eigenvalue weighted by atomic mass is 10.3. The lowest BCUT2D eigenvalue weighted by molar-refractivity contribution is -0.141. The average Bonchev–Trinajstić information content (AvgIpc) is 2.03. The van der Waals surface area contributed by atoms with Crippen molar-refractivity contribution in [2.24, 2.45) is 0 Å². The number of carbonyl (C=O) groups excluding carboxylic acids is 1. The van der Waals surface area contributed by atoms with Crippen molar-refractivity contribution in [1.29, 1.82) is 0 Å². The standard InChI is InChI=1S/C7H8BrIO2/c1-2-6(8)7(10)11-5-3-4-9/h6H,2,5H2,1H3. The molecule has 0 aromatic carbocycles. The van der Waals surface area contributed by atoms with E-state index in [1.54, 1.807) is 0 Å². The molecule has 0 amide bonds. The summed E-state index contributed by atoms with van der Waals surface area (Å²) in [6, 6.07) is 0. The van der Waals surface area contributed by atoms with Gasteiger partial charge in [-0.25, -0.2) is 0 Å². The molecule has 62 valence electrons. The summed E-state index contributed by atoms with van der Waals surface area (Å²) < 4.78 is 7.38. The van der Waals surface area contributed by atoms with Crippen LogP contribution in [0.15, 0.2) is 0 Å².